The zero-order chi connectivity index (χ0) is 48.6. The van der Waals surface area contributed by atoms with Crippen LogP contribution in [0.5, 0.6) is 0 Å². The molecule has 0 N–H and O–H groups in total. The van der Waals surface area contributed by atoms with E-state index in [0.29, 0.717) is 0 Å². The second-order valence-electron chi connectivity index (χ2n) is 23.5. The summed E-state index contributed by atoms with van der Waals surface area (Å²) in [4.78, 5) is 4.88. The first-order chi connectivity index (χ1) is 33.4. The minimum Gasteiger partial charge on any atom is -0.310 e. The van der Waals surface area contributed by atoms with Crippen molar-refractivity contribution < 1.29 is 0 Å². The molecule has 3 nitrogen and oxygen atoms in total. The Bertz CT molecular complexity index is 3820. The van der Waals surface area contributed by atoms with Gasteiger partial charge in [-0.2, -0.15) is 0 Å². The number of nitrogens with zero attached hydrogens (tertiary/aromatic N) is 3. The van der Waals surface area contributed by atoms with Crippen LogP contribution in [0.15, 0.2) is 182 Å². The van der Waals surface area contributed by atoms with Crippen LogP contribution in [0.25, 0.3) is 60.0 Å². The average Bonchev–Trinajstić information content (AvgIpc) is 3.93. The Morgan fingerprint density at radius 2 is 0.929 bits per heavy atom. The SMILES string of the molecule is CC(C)(C)c1ccc(N(c2ccccc2)c2ccc3c(c2)C(C)(C)c2ccc4cc5c6ccc(N(c7ccccc7)c7ccc(C(C)(C)C)cc7)c7c8cc(C(C)(C)C)ccc8n(c5cc4c2-3)c67)cc1. The third kappa shape index (κ3) is 6.76. The van der Waals surface area contributed by atoms with Gasteiger partial charge in [-0.25, -0.2) is 0 Å². The van der Waals surface area contributed by atoms with Crippen molar-refractivity contribution in [3.63, 3.8) is 0 Å². The zero-order valence-corrected chi connectivity index (χ0v) is 42.7. The fourth-order valence-corrected chi connectivity index (χ4v) is 11.6. The smallest absolute Gasteiger partial charge is 0.0641 e. The fourth-order valence-electron chi connectivity index (χ4n) is 11.6. The number of anilines is 6. The molecule has 12 rings (SSSR count). The van der Waals surface area contributed by atoms with E-state index in [1.165, 1.54) is 93.5 Å². The number of hydrogen-bond donors (Lipinski definition) is 0. The van der Waals surface area contributed by atoms with Gasteiger partial charge in [0, 0.05) is 55.4 Å². The van der Waals surface area contributed by atoms with Crippen LogP contribution in [-0.2, 0) is 21.7 Å². The molecule has 0 aliphatic heterocycles. The molecule has 0 bridgehead atoms. The van der Waals surface area contributed by atoms with Crippen molar-refractivity contribution in [1.82, 2.24) is 4.40 Å². The van der Waals surface area contributed by atoms with Gasteiger partial charge >= 0.3 is 0 Å². The summed E-state index contributed by atoms with van der Waals surface area (Å²) >= 11 is 0. The van der Waals surface area contributed by atoms with E-state index in [2.05, 4.69) is 272 Å². The van der Waals surface area contributed by atoms with Gasteiger partial charge in [0.2, 0.25) is 0 Å². The van der Waals surface area contributed by atoms with E-state index < -0.39 is 0 Å². The Balaban J connectivity index is 1.09. The Morgan fingerprint density at radius 1 is 0.386 bits per heavy atom. The Labute approximate surface area is 414 Å². The van der Waals surface area contributed by atoms with Crippen molar-refractivity contribution in [2.45, 2.75) is 97.8 Å². The standard InChI is InChI=1S/C67H63N3/c1-64(2,3)43-23-28-48(29-24-43)68(46-18-14-12-15-19-46)50-32-33-52-57(40-50)67(10,11)56-35-22-42-38-54-51-34-37-59(69(47-20-16-13-17-21-47)49-30-25-44(26-31-49)65(4,5)6)62-55-39-45(66(7,8)9)27-36-58(55)70(63(51)62)60(54)41-53(42)61(52)56/h12-41H,1-11H3. The highest BCUT2D eigenvalue weighted by atomic mass is 15.2. The van der Waals surface area contributed by atoms with Crippen molar-refractivity contribution >= 4 is 83.0 Å². The number of para-hydroxylation sites is 2. The van der Waals surface area contributed by atoms with Crippen LogP contribution < -0.4 is 9.80 Å². The van der Waals surface area contributed by atoms with Gasteiger partial charge in [-0.15, -0.1) is 0 Å². The molecular formula is C67H63N3. The van der Waals surface area contributed by atoms with Gasteiger partial charge in [0.1, 0.15) is 0 Å². The lowest BCUT2D eigenvalue weighted by atomic mass is 9.82. The molecule has 1 aliphatic rings. The largest absolute Gasteiger partial charge is 0.310 e. The minimum absolute atomic E-state index is 0.0177. The molecule has 2 aromatic heterocycles. The summed E-state index contributed by atoms with van der Waals surface area (Å²) in [6.45, 7) is 25.5. The maximum absolute atomic E-state index is 2.59. The van der Waals surface area contributed by atoms with Gasteiger partial charge in [-0.1, -0.05) is 167 Å². The molecule has 0 unspecified atom stereocenters. The lowest BCUT2D eigenvalue weighted by molar-refractivity contribution is 0.590. The number of aromatic nitrogens is 1. The van der Waals surface area contributed by atoms with Gasteiger partial charge < -0.3 is 14.2 Å². The number of hydrogen-bond acceptors (Lipinski definition) is 2. The summed E-state index contributed by atoms with van der Waals surface area (Å²) in [5.41, 5.74) is 20.0. The van der Waals surface area contributed by atoms with Crippen molar-refractivity contribution in [3.05, 3.63) is 210 Å². The molecule has 0 saturated heterocycles. The summed E-state index contributed by atoms with van der Waals surface area (Å²) in [7, 11) is 0. The predicted molar refractivity (Wildman–Crippen MR) is 302 cm³/mol. The van der Waals surface area contributed by atoms with Crippen LogP contribution in [0, 0.1) is 0 Å². The second-order valence-corrected chi connectivity index (χ2v) is 23.5. The van der Waals surface area contributed by atoms with Crippen LogP contribution in [0.1, 0.15) is 104 Å². The molecule has 70 heavy (non-hydrogen) atoms. The number of rotatable bonds is 6. The van der Waals surface area contributed by atoms with Crippen LogP contribution in [0.2, 0.25) is 0 Å². The first-order valence-electron chi connectivity index (χ1n) is 25.2. The van der Waals surface area contributed by atoms with Crippen molar-refractivity contribution in [1.29, 1.82) is 0 Å². The minimum atomic E-state index is -0.215. The first kappa shape index (κ1) is 43.9. The van der Waals surface area contributed by atoms with Crippen LogP contribution in [-0.4, -0.2) is 4.40 Å². The van der Waals surface area contributed by atoms with Crippen molar-refractivity contribution in [2.24, 2.45) is 0 Å². The molecule has 0 fully saturated rings. The van der Waals surface area contributed by atoms with Gasteiger partial charge in [-0.3, -0.25) is 0 Å². The monoisotopic (exact) mass is 910 g/mol. The highest BCUT2D eigenvalue weighted by Crippen LogP contribution is 2.55. The maximum Gasteiger partial charge on any atom is 0.0641 e. The molecule has 1 aliphatic carbocycles. The molecule has 9 aromatic carbocycles. The lowest BCUT2D eigenvalue weighted by Crippen LogP contribution is -2.17. The topological polar surface area (TPSA) is 10.9 Å². The fraction of sp³-hybridized carbons (Fsp3) is 0.224. The Kier molecular flexibility index (Phi) is 9.60. The molecule has 2 heterocycles. The van der Waals surface area contributed by atoms with Crippen molar-refractivity contribution in [2.75, 3.05) is 9.80 Å². The Morgan fingerprint density at radius 3 is 1.53 bits per heavy atom. The molecular weight excluding hydrogens is 847 g/mol. The van der Waals surface area contributed by atoms with E-state index in [4.69, 9.17) is 0 Å². The molecule has 0 saturated carbocycles. The summed E-state index contributed by atoms with van der Waals surface area (Å²) in [5, 5.41) is 7.69. The number of benzene rings is 9. The van der Waals surface area contributed by atoms with E-state index in [-0.39, 0.29) is 21.7 Å². The number of fused-ring (bicyclic) bond motifs is 11. The van der Waals surface area contributed by atoms with Gasteiger partial charge in [-0.05, 0) is 157 Å². The maximum atomic E-state index is 2.59. The highest BCUT2D eigenvalue weighted by molar-refractivity contribution is 6.29. The summed E-state index contributed by atoms with van der Waals surface area (Å²) in [6.07, 6.45) is 0. The van der Waals surface area contributed by atoms with Crippen LogP contribution in [0.3, 0.4) is 0 Å². The first-order valence-corrected chi connectivity index (χ1v) is 25.2. The van der Waals surface area contributed by atoms with Crippen LogP contribution >= 0.6 is 0 Å². The second kappa shape index (κ2) is 15.3. The normalized spacial score (nSPS) is 13.8. The molecule has 3 heteroatoms. The Hall–Kier alpha value is -7.36. The molecule has 346 valence electrons. The van der Waals surface area contributed by atoms with E-state index in [9.17, 15) is 0 Å². The highest BCUT2D eigenvalue weighted by Gasteiger charge is 2.38. The molecule has 11 aromatic rings. The lowest BCUT2D eigenvalue weighted by Gasteiger charge is -2.29. The van der Waals surface area contributed by atoms with Crippen LogP contribution in [0.4, 0.5) is 34.1 Å². The van der Waals surface area contributed by atoms with E-state index in [1.807, 2.05) is 0 Å². The van der Waals surface area contributed by atoms with Crippen molar-refractivity contribution in [3.8, 4) is 11.1 Å². The molecule has 0 atom stereocenters. The third-order valence-electron chi connectivity index (χ3n) is 15.5. The third-order valence-corrected chi connectivity index (χ3v) is 15.5. The molecule has 0 spiro atoms. The predicted octanol–water partition coefficient (Wildman–Crippen LogP) is 19.1. The van der Waals surface area contributed by atoms with E-state index >= 15 is 0 Å². The van der Waals surface area contributed by atoms with Gasteiger partial charge in [0.25, 0.3) is 0 Å². The van der Waals surface area contributed by atoms with Gasteiger partial charge in [0.05, 0.1) is 22.2 Å². The summed E-state index contributed by atoms with van der Waals surface area (Å²) in [5.74, 6) is 0. The van der Waals surface area contributed by atoms with Gasteiger partial charge in [0.15, 0.2) is 0 Å². The quantitative estimate of drug-likeness (QED) is 0.165. The molecule has 0 amide bonds. The summed E-state index contributed by atoms with van der Waals surface area (Å²) < 4.78 is 2.59. The zero-order valence-electron chi connectivity index (χ0n) is 42.7. The summed E-state index contributed by atoms with van der Waals surface area (Å²) in [6, 6.07) is 69.0. The van der Waals surface area contributed by atoms with E-state index in [1.54, 1.807) is 0 Å². The average molecular weight is 910 g/mol. The molecule has 0 radical (unpaired) electrons. The van der Waals surface area contributed by atoms with E-state index in [0.717, 1.165) is 28.4 Å².